The maximum atomic E-state index is 12.8. The molecule has 3 heterocycles. The minimum atomic E-state index is -0.572. The highest BCUT2D eigenvalue weighted by molar-refractivity contribution is 7.15. The highest BCUT2D eigenvalue weighted by Crippen LogP contribution is 2.20. The third-order valence-corrected chi connectivity index (χ3v) is 5.63. The van der Waals surface area contributed by atoms with E-state index >= 15 is 0 Å². The summed E-state index contributed by atoms with van der Waals surface area (Å²) < 4.78 is 1.46. The average molecular weight is 369 g/mol. The number of carbonyl (C=O) groups is 2. The maximum Gasteiger partial charge on any atom is 0.266 e. The van der Waals surface area contributed by atoms with Crippen molar-refractivity contribution in [3.05, 3.63) is 67.6 Å². The van der Waals surface area contributed by atoms with Crippen molar-refractivity contribution < 1.29 is 9.59 Å². The van der Waals surface area contributed by atoms with Crippen LogP contribution in [-0.4, -0.2) is 21.1 Å². The van der Waals surface area contributed by atoms with E-state index in [1.807, 2.05) is 11.4 Å². The van der Waals surface area contributed by atoms with Gasteiger partial charge in [0, 0.05) is 16.6 Å². The Morgan fingerprint density at radius 1 is 1.20 bits per heavy atom. The van der Waals surface area contributed by atoms with Crippen molar-refractivity contribution >= 4 is 50.2 Å². The molecule has 0 atom stereocenters. The number of nitrogens with two attached hydrogens (primary N) is 1. The first-order valence-electron chi connectivity index (χ1n) is 7.34. The molecule has 0 aliphatic rings. The minimum absolute atomic E-state index is 0.0363. The quantitative estimate of drug-likeness (QED) is 0.559. The Labute approximate surface area is 149 Å². The van der Waals surface area contributed by atoms with Gasteiger partial charge in [-0.05, 0) is 29.6 Å². The van der Waals surface area contributed by atoms with E-state index in [0.29, 0.717) is 32.0 Å². The lowest BCUT2D eigenvalue weighted by molar-refractivity contribution is 0.0989. The number of fused-ring (bicyclic) bond motifs is 2. The second kappa shape index (κ2) is 5.91. The molecule has 0 saturated heterocycles. The summed E-state index contributed by atoms with van der Waals surface area (Å²) in [6.45, 7) is 0. The topological polar surface area (TPSA) is 94.5 Å². The average Bonchev–Trinajstić information content (AvgIpc) is 3.25. The Kier molecular flexibility index (Phi) is 3.70. The molecule has 3 aromatic heterocycles. The van der Waals surface area contributed by atoms with Gasteiger partial charge in [0.15, 0.2) is 10.7 Å². The van der Waals surface area contributed by atoms with Crippen molar-refractivity contribution in [2.75, 3.05) is 0 Å². The number of rotatable bonds is 4. The third-order valence-electron chi connectivity index (χ3n) is 3.85. The van der Waals surface area contributed by atoms with E-state index in [9.17, 15) is 14.4 Å². The number of primary amides is 1. The summed E-state index contributed by atoms with van der Waals surface area (Å²) in [6, 6.07) is 8.14. The molecule has 25 heavy (non-hydrogen) atoms. The molecule has 2 N–H and O–H groups in total. The Morgan fingerprint density at radius 2 is 2.04 bits per heavy atom. The van der Waals surface area contributed by atoms with Crippen LogP contribution < -0.4 is 11.3 Å². The molecule has 0 radical (unpaired) electrons. The number of ketones is 1. The second-order valence-electron chi connectivity index (χ2n) is 5.44. The van der Waals surface area contributed by atoms with Crippen LogP contribution in [0.1, 0.15) is 25.7 Å². The zero-order valence-corrected chi connectivity index (χ0v) is 14.4. The number of hydrogen-bond donors (Lipinski definition) is 1. The van der Waals surface area contributed by atoms with Crippen LogP contribution in [0.5, 0.6) is 0 Å². The highest BCUT2D eigenvalue weighted by atomic mass is 32.1. The summed E-state index contributed by atoms with van der Waals surface area (Å²) in [5.74, 6) is -0.608. The van der Waals surface area contributed by atoms with E-state index in [1.54, 1.807) is 17.5 Å². The normalized spacial score (nSPS) is 11.2. The number of thiazole rings is 1. The molecule has 6 nitrogen and oxygen atoms in total. The Hall–Kier alpha value is -2.84. The zero-order chi connectivity index (χ0) is 17.6. The van der Waals surface area contributed by atoms with Crippen LogP contribution in [0.4, 0.5) is 0 Å². The maximum absolute atomic E-state index is 12.8. The molecule has 0 fully saturated rings. The van der Waals surface area contributed by atoms with Gasteiger partial charge in [0.1, 0.15) is 0 Å². The standard InChI is InChI=1S/C17H11N3O3S2/c18-15(22)9-3-4-11-12(6-9)19-17-20(16(11)23)10(8-25-17)7-13(21)14-2-1-5-24-14/h1-6,8H,7H2,(H2,18,22). The van der Waals surface area contributed by atoms with Gasteiger partial charge in [-0.3, -0.25) is 18.8 Å². The molecule has 8 heteroatoms. The Morgan fingerprint density at radius 3 is 2.76 bits per heavy atom. The number of carbonyl (C=O) groups excluding carboxylic acids is 2. The molecule has 1 aromatic carbocycles. The SMILES string of the molecule is NC(=O)c1ccc2c(=O)n3c(CC(=O)c4cccs4)csc3nc2c1. The lowest BCUT2D eigenvalue weighted by atomic mass is 10.1. The van der Waals surface area contributed by atoms with E-state index in [2.05, 4.69) is 4.98 Å². The molecule has 4 aromatic rings. The van der Waals surface area contributed by atoms with Gasteiger partial charge in [-0.2, -0.15) is 0 Å². The van der Waals surface area contributed by atoms with E-state index < -0.39 is 5.91 Å². The molecule has 124 valence electrons. The summed E-state index contributed by atoms with van der Waals surface area (Å²) in [4.78, 5) is 42.0. The van der Waals surface area contributed by atoms with Gasteiger partial charge in [-0.15, -0.1) is 22.7 Å². The fourth-order valence-corrected chi connectivity index (χ4v) is 4.19. The van der Waals surface area contributed by atoms with E-state index in [0.717, 1.165) is 0 Å². The number of nitrogens with zero attached hydrogens (tertiary/aromatic N) is 2. The van der Waals surface area contributed by atoms with Crippen LogP contribution in [0.3, 0.4) is 0 Å². The van der Waals surface area contributed by atoms with Crippen LogP contribution in [0.25, 0.3) is 15.9 Å². The predicted molar refractivity (Wildman–Crippen MR) is 97.7 cm³/mol. The van der Waals surface area contributed by atoms with Crippen LogP contribution in [-0.2, 0) is 6.42 Å². The van der Waals surface area contributed by atoms with Crippen molar-refractivity contribution in [3.63, 3.8) is 0 Å². The van der Waals surface area contributed by atoms with Crippen molar-refractivity contribution in [3.8, 4) is 0 Å². The molecular formula is C17H11N3O3S2. The van der Waals surface area contributed by atoms with Crippen LogP contribution >= 0.6 is 22.7 Å². The number of benzene rings is 1. The van der Waals surface area contributed by atoms with Gasteiger partial charge >= 0.3 is 0 Å². The molecule has 1 amide bonds. The van der Waals surface area contributed by atoms with E-state index in [-0.39, 0.29) is 17.8 Å². The molecule has 0 bridgehead atoms. The summed E-state index contributed by atoms with van der Waals surface area (Å²) in [6.07, 6.45) is 0.132. The third kappa shape index (κ3) is 2.65. The van der Waals surface area contributed by atoms with E-state index in [4.69, 9.17) is 5.73 Å². The van der Waals surface area contributed by atoms with Crippen molar-refractivity contribution in [1.29, 1.82) is 0 Å². The number of thiophene rings is 1. The van der Waals surface area contributed by atoms with Gasteiger partial charge in [0.05, 0.1) is 22.2 Å². The van der Waals surface area contributed by atoms with Gasteiger partial charge in [0.25, 0.3) is 5.56 Å². The van der Waals surface area contributed by atoms with Crippen LogP contribution in [0, 0.1) is 0 Å². The predicted octanol–water partition coefficient (Wildman–Crippen LogP) is 2.50. The first-order valence-corrected chi connectivity index (χ1v) is 9.10. The van der Waals surface area contributed by atoms with Crippen molar-refractivity contribution in [2.24, 2.45) is 5.73 Å². The summed E-state index contributed by atoms with van der Waals surface area (Å²) in [5.41, 5.74) is 6.34. The summed E-state index contributed by atoms with van der Waals surface area (Å²) in [7, 11) is 0. The summed E-state index contributed by atoms with van der Waals surface area (Å²) >= 11 is 2.66. The Bertz CT molecular complexity index is 1190. The minimum Gasteiger partial charge on any atom is -0.366 e. The number of aromatic nitrogens is 2. The van der Waals surface area contributed by atoms with Gasteiger partial charge in [0.2, 0.25) is 5.91 Å². The summed E-state index contributed by atoms with van der Waals surface area (Å²) in [5, 5.41) is 3.99. The van der Waals surface area contributed by atoms with Crippen LogP contribution in [0.2, 0.25) is 0 Å². The Balaban J connectivity index is 1.85. The first kappa shape index (κ1) is 15.7. The van der Waals surface area contributed by atoms with Gasteiger partial charge in [-0.25, -0.2) is 4.98 Å². The van der Waals surface area contributed by atoms with Gasteiger partial charge in [-0.1, -0.05) is 6.07 Å². The monoisotopic (exact) mass is 369 g/mol. The molecule has 0 aliphatic carbocycles. The van der Waals surface area contributed by atoms with Crippen molar-refractivity contribution in [1.82, 2.24) is 9.38 Å². The van der Waals surface area contributed by atoms with Crippen LogP contribution in [0.15, 0.2) is 45.9 Å². The molecule has 0 spiro atoms. The highest BCUT2D eigenvalue weighted by Gasteiger charge is 2.16. The largest absolute Gasteiger partial charge is 0.366 e. The molecule has 0 aliphatic heterocycles. The fraction of sp³-hybridized carbons (Fsp3) is 0.0588. The lowest BCUT2D eigenvalue weighted by Crippen LogP contribution is -2.18. The molecule has 0 unspecified atom stereocenters. The molecular weight excluding hydrogens is 358 g/mol. The second-order valence-corrected chi connectivity index (χ2v) is 7.22. The lowest BCUT2D eigenvalue weighted by Gasteiger charge is -2.03. The van der Waals surface area contributed by atoms with Gasteiger partial charge < -0.3 is 5.73 Å². The number of Topliss-reactive ketones (excluding diaryl/α,β-unsaturated/α-hetero) is 1. The smallest absolute Gasteiger partial charge is 0.266 e. The molecule has 4 rings (SSSR count). The molecule has 0 saturated carbocycles. The van der Waals surface area contributed by atoms with E-state index in [1.165, 1.54) is 39.2 Å². The fourth-order valence-electron chi connectivity index (χ4n) is 2.63. The van der Waals surface area contributed by atoms with Crippen molar-refractivity contribution in [2.45, 2.75) is 6.42 Å². The number of amides is 1. The number of hydrogen-bond acceptors (Lipinski definition) is 6. The first-order chi connectivity index (χ1) is 12.0. The zero-order valence-electron chi connectivity index (χ0n) is 12.8.